The van der Waals surface area contributed by atoms with Gasteiger partial charge in [-0.1, -0.05) is 12.1 Å². The zero-order valence-corrected chi connectivity index (χ0v) is 8.62. The topological polar surface area (TPSA) is 47.5 Å². The number of para-hydroxylation sites is 2. The molecule has 0 N–H and O–H groups in total. The second-order valence-corrected chi connectivity index (χ2v) is 3.26. The fraction of sp³-hybridized carbons (Fsp3) is 0.0909. The molecule has 0 fully saturated rings. The number of aromatic nitrogens is 2. The van der Waals surface area contributed by atoms with Gasteiger partial charge in [-0.3, -0.25) is 4.84 Å². The van der Waals surface area contributed by atoms with E-state index >= 15 is 0 Å². The van der Waals surface area contributed by atoms with E-state index in [1.54, 1.807) is 18.4 Å². The molecule has 80 valence electrons. The number of hydrogen-bond donors (Lipinski definition) is 0. The summed E-state index contributed by atoms with van der Waals surface area (Å²) in [5.41, 5.74) is 0.830. The summed E-state index contributed by atoms with van der Waals surface area (Å²) in [5, 5.41) is 1.62. The van der Waals surface area contributed by atoms with Crippen molar-refractivity contribution in [3.63, 3.8) is 0 Å². The Kier molecular flexibility index (Phi) is 1.97. The second-order valence-electron chi connectivity index (χ2n) is 3.26. The largest absolute Gasteiger partial charge is 0.449 e. The molecule has 2 heterocycles. The van der Waals surface area contributed by atoms with Crippen molar-refractivity contribution in [3.05, 3.63) is 36.8 Å². The van der Waals surface area contributed by atoms with Crippen LogP contribution in [0.4, 0.5) is 11.5 Å². The van der Waals surface area contributed by atoms with Gasteiger partial charge in [0.1, 0.15) is 12.0 Å². The van der Waals surface area contributed by atoms with E-state index in [0.29, 0.717) is 11.6 Å². The molecule has 0 saturated heterocycles. The van der Waals surface area contributed by atoms with Crippen LogP contribution in [0.2, 0.25) is 0 Å². The summed E-state index contributed by atoms with van der Waals surface area (Å²) in [6.45, 7) is 0. The summed E-state index contributed by atoms with van der Waals surface area (Å²) in [4.78, 5) is 13.4. The van der Waals surface area contributed by atoms with Crippen molar-refractivity contribution >= 4 is 11.5 Å². The van der Waals surface area contributed by atoms with E-state index < -0.39 is 0 Å². The Hall–Kier alpha value is -2.14. The molecule has 0 bridgehead atoms. The lowest BCUT2D eigenvalue weighted by atomic mass is 10.2. The summed E-state index contributed by atoms with van der Waals surface area (Å²) in [6, 6.07) is 7.60. The highest BCUT2D eigenvalue weighted by Crippen LogP contribution is 2.44. The van der Waals surface area contributed by atoms with Crippen LogP contribution < -0.4 is 9.80 Å². The zero-order chi connectivity index (χ0) is 11.0. The third-order valence-electron chi connectivity index (χ3n) is 2.34. The fourth-order valence-corrected chi connectivity index (χ4v) is 1.66. The van der Waals surface area contributed by atoms with Gasteiger partial charge >= 0.3 is 0 Å². The van der Waals surface area contributed by atoms with Gasteiger partial charge in [-0.15, -0.1) is 0 Å². The molecular weight excluding hydrogens is 206 g/mol. The van der Waals surface area contributed by atoms with E-state index in [9.17, 15) is 0 Å². The van der Waals surface area contributed by atoms with Crippen molar-refractivity contribution in [3.8, 4) is 11.5 Å². The minimum Gasteiger partial charge on any atom is -0.449 e. The normalized spacial score (nSPS) is 12.7. The second kappa shape index (κ2) is 3.46. The molecule has 0 unspecified atom stereocenters. The van der Waals surface area contributed by atoms with Crippen LogP contribution in [-0.2, 0) is 4.84 Å². The van der Waals surface area contributed by atoms with E-state index in [4.69, 9.17) is 9.57 Å². The first-order chi connectivity index (χ1) is 7.90. The van der Waals surface area contributed by atoms with Gasteiger partial charge in [0.05, 0.1) is 13.3 Å². The molecule has 0 amide bonds. The molecular formula is C11H9N3O2. The Balaban J connectivity index is 2.19. The van der Waals surface area contributed by atoms with Gasteiger partial charge in [-0.2, -0.15) is 5.06 Å². The van der Waals surface area contributed by atoms with Crippen molar-refractivity contribution in [1.29, 1.82) is 0 Å². The van der Waals surface area contributed by atoms with Crippen LogP contribution in [0.15, 0.2) is 36.8 Å². The maximum atomic E-state index is 5.66. The monoisotopic (exact) mass is 215 g/mol. The molecule has 5 nitrogen and oxygen atoms in total. The first kappa shape index (κ1) is 9.11. The van der Waals surface area contributed by atoms with E-state index in [0.717, 1.165) is 11.4 Å². The zero-order valence-electron chi connectivity index (χ0n) is 8.62. The van der Waals surface area contributed by atoms with Gasteiger partial charge in [0, 0.05) is 0 Å². The number of rotatable bonds is 1. The Morgan fingerprint density at radius 1 is 1.25 bits per heavy atom. The molecule has 0 aliphatic carbocycles. The smallest absolute Gasteiger partial charge is 0.204 e. The number of anilines is 2. The van der Waals surface area contributed by atoms with Crippen LogP contribution >= 0.6 is 0 Å². The SMILES string of the molecule is CON1c2ccccc2Oc2cncnc21. The van der Waals surface area contributed by atoms with Crippen molar-refractivity contribution in [2.24, 2.45) is 0 Å². The molecule has 0 spiro atoms. The highest BCUT2D eigenvalue weighted by molar-refractivity contribution is 5.72. The first-order valence-corrected chi connectivity index (χ1v) is 4.81. The lowest BCUT2D eigenvalue weighted by Gasteiger charge is -2.28. The van der Waals surface area contributed by atoms with Crippen LogP contribution in [0.25, 0.3) is 0 Å². The minimum absolute atomic E-state index is 0.586. The summed E-state index contributed by atoms with van der Waals surface area (Å²) in [6.07, 6.45) is 3.08. The summed E-state index contributed by atoms with van der Waals surface area (Å²) in [5.74, 6) is 1.92. The van der Waals surface area contributed by atoms with Gasteiger partial charge in [0.2, 0.25) is 5.82 Å². The quantitative estimate of drug-likeness (QED) is 0.730. The lowest BCUT2D eigenvalue weighted by Crippen LogP contribution is -2.20. The molecule has 1 aliphatic heterocycles. The Labute approximate surface area is 92.2 Å². The van der Waals surface area contributed by atoms with Crippen molar-refractivity contribution < 1.29 is 9.57 Å². The maximum Gasteiger partial charge on any atom is 0.204 e. The maximum absolute atomic E-state index is 5.66. The van der Waals surface area contributed by atoms with Crippen molar-refractivity contribution in [2.45, 2.75) is 0 Å². The Bertz CT molecular complexity index is 485. The predicted octanol–water partition coefficient (Wildman–Crippen LogP) is 2.28. The highest BCUT2D eigenvalue weighted by Gasteiger charge is 2.25. The van der Waals surface area contributed by atoms with E-state index in [1.165, 1.54) is 6.33 Å². The predicted molar refractivity (Wildman–Crippen MR) is 57.7 cm³/mol. The average Bonchev–Trinajstić information content (AvgIpc) is 2.36. The first-order valence-electron chi connectivity index (χ1n) is 4.81. The average molecular weight is 215 g/mol. The Morgan fingerprint density at radius 2 is 2.12 bits per heavy atom. The molecule has 16 heavy (non-hydrogen) atoms. The lowest BCUT2D eigenvalue weighted by molar-refractivity contribution is 0.191. The van der Waals surface area contributed by atoms with E-state index in [2.05, 4.69) is 9.97 Å². The standard InChI is InChI=1S/C11H9N3O2/c1-15-14-8-4-2-3-5-9(8)16-10-6-12-7-13-11(10)14/h2-7H,1H3. The summed E-state index contributed by atoms with van der Waals surface area (Å²) >= 11 is 0. The molecule has 5 heteroatoms. The molecule has 0 atom stereocenters. The number of benzene rings is 1. The number of hydrogen-bond acceptors (Lipinski definition) is 5. The van der Waals surface area contributed by atoms with Crippen molar-refractivity contribution in [1.82, 2.24) is 9.97 Å². The van der Waals surface area contributed by atoms with Crippen molar-refractivity contribution in [2.75, 3.05) is 12.2 Å². The van der Waals surface area contributed by atoms with Gasteiger partial charge in [0.15, 0.2) is 11.5 Å². The van der Waals surface area contributed by atoms with Crippen LogP contribution in [0.1, 0.15) is 0 Å². The van der Waals surface area contributed by atoms with Gasteiger partial charge in [0.25, 0.3) is 0 Å². The van der Waals surface area contributed by atoms with Gasteiger partial charge < -0.3 is 4.74 Å². The van der Waals surface area contributed by atoms with Crippen LogP contribution in [0.5, 0.6) is 11.5 Å². The van der Waals surface area contributed by atoms with Gasteiger partial charge in [-0.05, 0) is 12.1 Å². The molecule has 3 rings (SSSR count). The van der Waals surface area contributed by atoms with Crippen LogP contribution in [0, 0.1) is 0 Å². The molecule has 1 aromatic carbocycles. The Morgan fingerprint density at radius 3 is 3.00 bits per heavy atom. The summed E-state index contributed by atoms with van der Waals surface area (Å²) < 4.78 is 5.66. The number of ether oxygens (including phenoxy) is 1. The highest BCUT2D eigenvalue weighted by atomic mass is 16.7. The van der Waals surface area contributed by atoms with Crippen LogP contribution in [-0.4, -0.2) is 17.1 Å². The van der Waals surface area contributed by atoms with Gasteiger partial charge in [-0.25, -0.2) is 9.97 Å². The molecule has 2 aromatic rings. The molecule has 1 aliphatic rings. The third kappa shape index (κ3) is 1.22. The summed E-state index contributed by atoms with van der Waals surface area (Å²) in [7, 11) is 1.59. The van der Waals surface area contributed by atoms with Crippen LogP contribution in [0.3, 0.4) is 0 Å². The fourth-order valence-electron chi connectivity index (χ4n) is 1.66. The third-order valence-corrected chi connectivity index (χ3v) is 2.34. The van der Waals surface area contributed by atoms with E-state index in [1.807, 2.05) is 24.3 Å². The van der Waals surface area contributed by atoms with E-state index in [-0.39, 0.29) is 0 Å². The minimum atomic E-state index is 0.586. The number of fused-ring (bicyclic) bond motifs is 2. The molecule has 0 saturated carbocycles. The molecule has 0 radical (unpaired) electrons. The molecule has 1 aromatic heterocycles. The number of nitrogens with zero attached hydrogens (tertiary/aromatic N) is 3.